The zero-order chi connectivity index (χ0) is 12.7. The van der Waals surface area contributed by atoms with Gasteiger partial charge in [0.2, 0.25) is 0 Å². The molecule has 1 amide bonds. The fraction of sp³-hybridized carbons (Fsp3) is 0.500. The first-order chi connectivity index (χ1) is 8.65. The molecule has 0 aromatic heterocycles. The molecule has 0 bridgehead atoms. The van der Waals surface area contributed by atoms with Gasteiger partial charge in [-0.3, -0.25) is 4.79 Å². The number of nitrogens with one attached hydrogen (secondary N) is 1. The molecule has 2 aliphatic heterocycles. The van der Waals surface area contributed by atoms with Crippen molar-refractivity contribution in [3.63, 3.8) is 0 Å². The molecule has 1 aromatic carbocycles. The molecule has 18 heavy (non-hydrogen) atoms. The summed E-state index contributed by atoms with van der Waals surface area (Å²) in [7, 11) is 0. The lowest BCUT2D eigenvalue weighted by atomic mass is 10.1. The number of halogens is 1. The van der Waals surface area contributed by atoms with Gasteiger partial charge in [-0.1, -0.05) is 0 Å². The van der Waals surface area contributed by atoms with E-state index in [4.69, 9.17) is 0 Å². The average Bonchev–Trinajstić information content (AvgIpc) is 2.87. The molecule has 3 nitrogen and oxygen atoms in total. The highest BCUT2D eigenvalue weighted by molar-refractivity contribution is 5.95. The minimum atomic E-state index is -0.288. The molecule has 1 N–H and O–H groups in total. The van der Waals surface area contributed by atoms with Gasteiger partial charge in [0, 0.05) is 24.7 Å². The van der Waals surface area contributed by atoms with Crippen LogP contribution >= 0.6 is 0 Å². The van der Waals surface area contributed by atoms with Crippen LogP contribution in [0, 0.1) is 18.7 Å². The Labute approximate surface area is 106 Å². The van der Waals surface area contributed by atoms with Crippen LogP contribution in [-0.4, -0.2) is 36.5 Å². The molecule has 3 rings (SSSR count). The van der Waals surface area contributed by atoms with Crippen LogP contribution in [0.3, 0.4) is 0 Å². The van der Waals surface area contributed by atoms with Crippen molar-refractivity contribution in [2.24, 2.45) is 5.92 Å². The molecule has 2 fully saturated rings. The number of nitrogens with zero attached hydrogens (tertiary/aromatic N) is 1. The lowest BCUT2D eigenvalue weighted by Gasteiger charge is -2.18. The van der Waals surface area contributed by atoms with Crippen molar-refractivity contribution in [3.05, 3.63) is 35.1 Å². The summed E-state index contributed by atoms with van der Waals surface area (Å²) in [6.45, 7) is 4.45. The number of fused-ring (bicyclic) bond motifs is 1. The van der Waals surface area contributed by atoms with E-state index in [-0.39, 0.29) is 11.7 Å². The van der Waals surface area contributed by atoms with E-state index < -0.39 is 0 Å². The van der Waals surface area contributed by atoms with Gasteiger partial charge in [0.25, 0.3) is 5.91 Å². The molecule has 96 valence electrons. The number of carbonyl (C=O) groups is 1. The lowest BCUT2D eigenvalue weighted by Crippen LogP contribution is -2.34. The third-order valence-corrected chi connectivity index (χ3v) is 4.07. The van der Waals surface area contributed by atoms with Gasteiger partial charge in [-0.15, -0.1) is 0 Å². The number of hydrogen-bond acceptors (Lipinski definition) is 2. The van der Waals surface area contributed by atoms with Gasteiger partial charge < -0.3 is 10.2 Å². The molecule has 0 saturated carbocycles. The second-order valence-corrected chi connectivity index (χ2v) is 5.28. The molecule has 4 heteroatoms. The standard InChI is InChI=1S/C14H17FN2O/c1-9-6-11(15)2-3-12(9)14(18)17-7-10-4-5-16-13(10)8-17/h2-3,6,10,13,16H,4-5,7-8H2,1H3/t10-,13+/m0/s1. The number of aryl methyl sites for hydroxylation is 1. The van der Waals surface area contributed by atoms with Crippen LogP contribution in [0.4, 0.5) is 4.39 Å². The van der Waals surface area contributed by atoms with E-state index >= 15 is 0 Å². The largest absolute Gasteiger partial charge is 0.337 e. The Hall–Kier alpha value is -1.42. The zero-order valence-electron chi connectivity index (χ0n) is 10.4. The zero-order valence-corrected chi connectivity index (χ0v) is 10.4. The van der Waals surface area contributed by atoms with E-state index in [0.717, 1.165) is 26.1 Å². The maximum Gasteiger partial charge on any atom is 0.254 e. The third-order valence-electron chi connectivity index (χ3n) is 4.07. The van der Waals surface area contributed by atoms with Crippen LogP contribution in [0.25, 0.3) is 0 Å². The highest BCUT2D eigenvalue weighted by atomic mass is 19.1. The van der Waals surface area contributed by atoms with Crippen molar-refractivity contribution in [1.82, 2.24) is 10.2 Å². The molecule has 0 aliphatic carbocycles. The Morgan fingerprint density at radius 2 is 2.28 bits per heavy atom. The number of carbonyl (C=O) groups excluding carboxylic acids is 1. The normalized spacial score (nSPS) is 26.4. The molecule has 0 radical (unpaired) electrons. The highest BCUT2D eigenvalue weighted by Crippen LogP contribution is 2.26. The van der Waals surface area contributed by atoms with Crippen molar-refractivity contribution in [3.8, 4) is 0 Å². The summed E-state index contributed by atoms with van der Waals surface area (Å²) < 4.78 is 13.0. The molecule has 2 heterocycles. The first-order valence-corrected chi connectivity index (χ1v) is 6.44. The first-order valence-electron chi connectivity index (χ1n) is 6.44. The number of amides is 1. The fourth-order valence-corrected chi connectivity index (χ4v) is 3.05. The molecule has 2 aliphatic rings. The number of hydrogen-bond donors (Lipinski definition) is 1. The summed E-state index contributed by atoms with van der Waals surface area (Å²) in [5.74, 6) is 0.336. The van der Waals surface area contributed by atoms with Crippen LogP contribution in [0.5, 0.6) is 0 Å². The maximum atomic E-state index is 13.0. The van der Waals surface area contributed by atoms with Crippen molar-refractivity contribution in [1.29, 1.82) is 0 Å². The molecular formula is C14H17FN2O. The van der Waals surface area contributed by atoms with Gasteiger partial charge in [-0.2, -0.15) is 0 Å². The van der Waals surface area contributed by atoms with E-state index in [1.54, 1.807) is 13.0 Å². The van der Waals surface area contributed by atoms with E-state index in [1.807, 2.05) is 4.90 Å². The SMILES string of the molecule is Cc1cc(F)ccc1C(=O)N1C[C@@H]2CCN[C@@H]2C1. The minimum Gasteiger partial charge on any atom is -0.337 e. The van der Waals surface area contributed by atoms with Crippen LogP contribution < -0.4 is 5.32 Å². The lowest BCUT2D eigenvalue weighted by molar-refractivity contribution is 0.0782. The Balaban J connectivity index is 1.79. The van der Waals surface area contributed by atoms with Gasteiger partial charge >= 0.3 is 0 Å². The third kappa shape index (κ3) is 1.90. The number of likely N-dealkylation sites (tertiary alicyclic amines) is 1. The highest BCUT2D eigenvalue weighted by Gasteiger charge is 2.38. The summed E-state index contributed by atoms with van der Waals surface area (Å²) in [4.78, 5) is 14.3. The van der Waals surface area contributed by atoms with Gasteiger partial charge in [0.1, 0.15) is 5.82 Å². The Kier molecular flexibility index (Phi) is 2.82. The summed E-state index contributed by atoms with van der Waals surface area (Å²) >= 11 is 0. The fourth-order valence-electron chi connectivity index (χ4n) is 3.05. The van der Waals surface area contributed by atoms with Gasteiger partial charge in [0.05, 0.1) is 0 Å². The smallest absolute Gasteiger partial charge is 0.254 e. The van der Waals surface area contributed by atoms with E-state index in [0.29, 0.717) is 23.1 Å². The summed E-state index contributed by atoms with van der Waals surface area (Å²) in [6.07, 6.45) is 1.15. The van der Waals surface area contributed by atoms with Gasteiger partial charge in [0.15, 0.2) is 0 Å². The minimum absolute atomic E-state index is 0.0312. The number of rotatable bonds is 1. The predicted molar refractivity (Wildman–Crippen MR) is 66.9 cm³/mol. The Morgan fingerprint density at radius 1 is 1.44 bits per heavy atom. The van der Waals surface area contributed by atoms with Crippen molar-refractivity contribution >= 4 is 5.91 Å². The van der Waals surface area contributed by atoms with Crippen LogP contribution in [-0.2, 0) is 0 Å². The topological polar surface area (TPSA) is 32.3 Å². The predicted octanol–water partition coefficient (Wildman–Crippen LogP) is 1.57. The molecular weight excluding hydrogens is 231 g/mol. The monoisotopic (exact) mass is 248 g/mol. The molecule has 0 unspecified atom stereocenters. The van der Waals surface area contributed by atoms with E-state index in [2.05, 4.69) is 5.32 Å². The van der Waals surface area contributed by atoms with Crippen LogP contribution in [0.2, 0.25) is 0 Å². The maximum absolute atomic E-state index is 13.0. The van der Waals surface area contributed by atoms with Crippen LogP contribution in [0.1, 0.15) is 22.3 Å². The molecule has 2 saturated heterocycles. The summed E-state index contributed by atoms with van der Waals surface area (Å²) in [5.41, 5.74) is 1.33. The average molecular weight is 248 g/mol. The molecule has 0 spiro atoms. The molecule has 1 aromatic rings. The second kappa shape index (κ2) is 4.35. The summed E-state index contributed by atoms with van der Waals surface area (Å²) in [6, 6.07) is 4.82. The Bertz CT molecular complexity index is 477. The second-order valence-electron chi connectivity index (χ2n) is 5.28. The van der Waals surface area contributed by atoms with E-state index in [1.165, 1.54) is 12.1 Å². The van der Waals surface area contributed by atoms with Crippen molar-refractivity contribution < 1.29 is 9.18 Å². The first kappa shape index (κ1) is 11.7. The summed E-state index contributed by atoms with van der Waals surface area (Å²) in [5, 5.41) is 3.42. The van der Waals surface area contributed by atoms with Crippen molar-refractivity contribution in [2.75, 3.05) is 19.6 Å². The number of benzene rings is 1. The van der Waals surface area contributed by atoms with Gasteiger partial charge in [-0.05, 0) is 49.6 Å². The Morgan fingerprint density at radius 3 is 3.00 bits per heavy atom. The molecule has 2 atom stereocenters. The van der Waals surface area contributed by atoms with Crippen molar-refractivity contribution in [2.45, 2.75) is 19.4 Å². The van der Waals surface area contributed by atoms with Gasteiger partial charge in [-0.25, -0.2) is 4.39 Å². The van der Waals surface area contributed by atoms with E-state index in [9.17, 15) is 9.18 Å². The van der Waals surface area contributed by atoms with Crippen LogP contribution in [0.15, 0.2) is 18.2 Å². The quantitative estimate of drug-likeness (QED) is 0.818.